The van der Waals surface area contributed by atoms with Gasteiger partial charge in [-0.1, -0.05) is 12.1 Å². The van der Waals surface area contributed by atoms with E-state index in [1.165, 1.54) is 37.3 Å². The van der Waals surface area contributed by atoms with Crippen LogP contribution in [0.4, 0.5) is 11.6 Å². The molecule has 188 valence electrons. The molecular weight excluding hydrogens is 486 g/mol. The fourth-order valence-electron chi connectivity index (χ4n) is 4.48. The van der Waals surface area contributed by atoms with Gasteiger partial charge in [-0.05, 0) is 73.8 Å². The summed E-state index contributed by atoms with van der Waals surface area (Å²) in [5, 5.41) is 14.2. The van der Waals surface area contributed by atoms with Crippen molar-refractivity contribution < 1.29 is 9.53 Å². The zero-order valence-electron chi connectivity index (χ0n) is 20.3. The van der Waals surface area contributed by atoms with Gasteiger partial charge in [0.1, 0.15) is 18.9 Å². The van der Waals surface area contributed by atoms with Gasteiger partial charge in [-0.25, -0.2) is 4.52 Å². The largest absolute Gasteiger partial charge is 0.492 e. The van der Waals surface area contributed by atoms with Crippen LogP contribution in [0.1, 0.15) is 22.5 Å². The standard InChI is InChI=1S/C27H27N7O2S/c35-24(25-6-4-16-37-25)19-33-18-20(17-28-33)23-5-3-7-26-30-27(31-34(23)26)29-21-8-10-22(11-9-21)36-15-14-32-12-1-2-13-32/h3-11,16-18H,1-2,12-15,19H2,(H,29,31). The number of pyridine rings is 1. The lowest BCUT2D eigenvalue weighted by Crippen LogP contribution is -2.25. The number of hydrogen-bond acceptors (Lipinski definition) is 8. The molecule has 1 saturated heterocycles. The van der Waals surface area contributed by atoms with Gasteiger partial charge in [0.25, 0.3) is 0 Å². The summed E-state index contributed by atoms with van der Waals surface area (Å²) in [6.07, 6.45) is 6.18. The van der Waals surface area contributed by atoms with E-state index < -0.39 is 0 Å². The van der Waals surface area contributed by atoms with Crippen LogP contribution in [-0.2, 0) is 6.54 Å². The Labute approximate surface area is 218 Å². The van der Waals surface area contributed by atoms with Gasteiger partial charge >= 0.3 is 0 Å². The van der Waals surface area contributed by atoms with Gasteiger partial charge in [0.2, 0.25) is 5.95 Å². The van der Waals surface area contributed by atoms with E-state index in [4.69, 9.17) is 4.74 Å². The van der Waals surface area contributed by atoms with Crippen molar-refractivity contribution >= 4 is 34.4 Å². The molecule has 1 aliphatic rings. The zero-order valence-corrected chi connectivity index (χ0v) is 21.1. The predicted octanol–water partition coefficient (Wildman–Crippen LogP) is 4.76. The number of Topliss-reactive ketones (excluding diaryl/α,β-unsaturated/α-hetero) is 1. The van der Waals surface area contributed by atoms with Crippen LogP contribution in [0.25, 0.3) is 16.9 Å². The van der Waals surface area contributed by atoms with Crippen LogP contribution in [0, 0.1) is 0 Å². The van der Waals surface area contributed by atoms with Crippen molar-refractivity contribution in [1.82, 2.24) is 29.3 Å². The highest BCUT2D eigenvalue weighted by molar-refractivity contribution is 7.12. The molecule has 5 heterocycles. The number of ketones is 1. The molecule has 1 aromatic carbocycles. The number of fused-ring (bicyclic) bond motifs is 1. The molecule has 10 heteroatoms. The van der Waals surface area contributed by atoms with Crippen molar-refractivity contribution in [2.75, 3.05) is 31.6 Å². The second-order valence-corrected chi connectivity index (χ2v) is 9.94. The molecule has 0 spiro atoms. The monoisotopic (exact) mass is 513 g/mol. The molecule has 0 amide bonds. The lowest BCUT2D eigenvalue weighted by molar-refractivity contribution is 0.0971. The molecule has 0 aliphatic carbocycles. The smallest absolute Gasteiger partial charge is 0.247 e. The fraction of sp³-hybridized carbons (Fsp3) is 0.259. The van der Waals surface area contributed by atoms with Crippen molar-refractivity contribution in [3.8, 4) is 17.0 Å². The number of aromatic nitrogens is 5. The Bertz CT molecular complexity index is 1490. The van der Waals surface area contributed by atoms with E-state index in [-0.39, 0.29) is 12.3 Å². The van der Waals surface area contributed by atoms with Gasteiger partial charge in [0.15, 0.2) is 11.4 Å². The van der Waals surface area contributed by atoms with Gasteiger partial charge in [-0.3, -0.25) is 14.4 Å². The minimum absolute atomic E-state index is 0.0399. The minimum Gasteiger partial charge on any atom is -0.492 e. The number of benzene rings is 1. The Hall–Kier alpha value is -4.02. The van der Waals surface area contributed by atoms with Gasteiger partial charge in [-0.15, -0.1) is 16.4 Å². The number of carbonyl (C=O) groups excluding carboxylic acids is 1. The summed E-state index contributed by atoms with van der Waals surface area (Å²) in [5.41, 5.74) is 3.29. The van der Waals surface area contributed by atoms with Crippen LogP contribution >= 0.6 is 11.3 Å². The lowest BCUT2D eigenvalue weighted by atomic mass is 10.2. The molecule has 9 nitrogen and oxygen atoms in total. The van der Waals surface area contributed by atoms with Crippen molar-refractivity contribution in [2.45, 2.75) is 19.4 Å². The fourth-order valence-corrected chi connectivity index (χ4v) is 5.14. The molecule has 5 aromatic rings. The van der Waals surface area contributed by atoms with Crippen LogP contribution in [-0.4, -0.2) is 61.3 Å². The highest BCUT2D eigenvalue weighted by Crippen LogP contribution is 2.23. The molecule has 0 saturated carbocycles. The number of hydrogen-bond donors (Lipinski definition) is 1. The summed E-state index contributed by atoms with van der Waals surface area (Å²) in [7, 11) is 0. The van der Waals surface area contributed by atoms with Gasteiger partial charge in [-0.2, -0.15) is 10.1 Å². The van der Waals surface area contributed by atoms with Crippen molar-refractivity contribution in [1.29, 1.82) is 0 Å². The van der Waals surface area contributed by atoms with Gasteiger partial charge in [0, 0.05) is 24.0 Å². The van der Waals surface area contributed by atoms with Crippen LogP contribution in [0.2, 0.25) is 0 Å². The van der Waals surface area contributed by atoms with Crippen molar-refractivity contribution in [3.05, 3.63) is 77.2 Å². The second kappa shape index (κ2) is 10.5. The summed E-state index contributed by atoms with van der Waals surface area (Å²) >= 11 is 1.44. The third kappa shape index (κ3) is 5.40. The van der Waals surface area contributed by atoms with E-state index in [1.807, 2.05) is 66.2 Å². The van der Waals surface area contributed by atoms with E-state index in [9.17, 15) is 4.79 Å². The number of nitrogens with one attached hydrogen (secondary N) is 1. The second-order valence-electron chi connectivity index (χ2n) is 8.99. The summed E-state index contributed by atoms with van der Waals surface area (Å²) < 4.78 is 9.33. The molecule has 1 fully saturated rings. The third-order valence-electron chi connectivity index (χ3n) is 6.38. The quantitative estimate of drug-likeness (QED) is 0.270. The number of anilines is 2. The third-order valence-corrected chi connectivity index (χ3v) is 7.29. The molecule has 6 rings (SSSR count). The van der Waals surface area contributed by atoms with E-state index in [1.54, 1.807) is 15.4 Å². The number of thiophene rings is 1. The summed E-state index contributed by atoms with van der Waals surface area (Å²) in [6.45, 7) is 4.22. The molecule has 0 atom stereocenters. The van der Waals surface area contributed by atoms with E-state index >= 15 is 0 Å². The topological polar surface area (TPSA) is 89.6 Å². The van der Waals surface area contributed by atoms with Crippen LogP contribution in [0.15, 0.2) is 72.4 Å². The number of rotatable bonds is 10. The lowest BCUT2D eigenvalue weighted by Gasteiger charge is -2.15. The van der Waals surface area contributed by atoms with E-state index in [2.05, 4.69) is 25.4 Å². The predicted molar refractivity (Wildman–Crippen MR) is 144 cm³/mol. The molecule has 0 radical (unpaired) electrons. The average Bonchev–Trinajstić information content (AvgIpc) is 3.72. The molecule has 4 aromatic heterocycles. The van der Waals surface area contributed by atoms with Crippen LogP contribution in [0.5, 0.6) is 5.75 Å². The Morgan fingerprint density at radius 3 is 2.73 bits per heavy atom. The highest BCUT2D eigenvalue weighted by Gasteiger charge is 2.14. The maximum absolute atomic E-state index is 12.4. The van der Waals surface area contributed by atoms with E-state index in [0.29, 0.717) is 18.2 Å². The zero-order chi connectivity index (χ0) is 25.0. The molecule has 1 aliphatic heterocycles. The van der Waals surface area contributed by atoms with Crippen molar-refractivity contribution in [2.24, 2.45) is 0 Å². The Morgan fingerprint density at radius 2 is 1.92 bits per heavy atom. The van der Waals surface area contributed by atoms with Gasteiger partial charge in [0.05, 0.1) is 16.8 Å². The Kier molecular flexibility index (Phi) is 6.66. The maximum atomic E-state index is 12.4. The average molecular weight is 514 g/mol. The highest BCUT2D eigenvalue weighted by atomic mass is 32.1. The first kappa shape index (κ1) is 23.4. The van der Waals surface area contributed by atoms with Crippen LogP contribution in [0.3, 0.4) is 0 Å². The minimum atomic E-state index is 0.0399. The van der Waals surface area contributed by atoms with E-state index in [0.717, 1.165) is 34.1 Å². The number of likely N-dealkylation sites (tertiary alicyclic amines) is 1. The number of carbonyl (C=O) groups is 1. The molecular formula is C27H27N7O2S. The Balaban J connectivity index is 1.12. The number of nitrogens with zero attached hydrogens (tertiary/aromatic N) is 6. The first-order chi connectivity index (χ1) is 18.2. The molecule has 0 bridgehead atoms. The summed E-state index contributed by atoms with van der Waals surface area (Å²) in [5.74, 6) is 1.39. The Morgan fingerprint density at radius 1 is 1.05 bits per heavy atom. The van der Waals surface area contributed by atoms with Crippen molar-refractivity contribution in [3.63, 3.8) is 0 Å². The molecule has 0 unspecified atom stereocenters. The first-order valence-corrected chi connectivity index (χ1v) is 13.3. The SMILES string of the molecule is O=C(Cn1cc(-c2cccc3nc(Nc4ccc(OCCN5CCCC5)cc4)nn23)cn1)c1cccs1. The summed E-state index contributed by atoms with van der Waals surface area (Å²) in [4.78, 5) is 20.2. The summed E-state index contributed by atoms with van der Waals surface area (Å²) in [6, 6.07) is 17.4. The first-order valence-electron chi connectivity index (χ1n) is 12.4. The van der Waals surface area contributed by atoms with Crippen LogP contribution < -0.4 is 10.1 Å². The maximum Gasteiger partial charge on any atom is 0.247 e. The number of ether oxygens (including phenoxy) is 1. The molecule has 1 N–H and O–H groups in total. The normalized spacial score (nSPS) is 13.8. The van der Waals surface area contributed by atoms with Gasteiger partial charge < -0.3 is 10.1 Å². The molecule has 37 heavy (non-hydrogen) atoms.